The Bertz CT molecular complexity index is 523. The van der Waals surface area contributed by atoms with Crippen molar-refractivity contribution < 1.29 is 13.2 Å². The second-order valence-corrected chi connectivity index (χ2v) is 5.72. The molecule has 6 heteroatoms. The summed E-state index contributed by atoms with van der Waals surface area (Å²) in [4.78, 5) is 0.116. The lowest BCUT2D eigenvalue weighted by Gasteiger charge is -2.20. The van der Waals surface area contributed by atoms with E-state index in [-0.39, 0.29) is 11.0 Å². The highest BCUT2D eigenvalue weighted by atomic mass is 32.2. The molecule has 0 amide bonds. The molecule has 0 radical (unpaired) electrons. The van der Waals surface area contributed by atoms with Crippen LogP contribution in [0.5, 0.6) is 0 Å². The normalized spacial score (nSPS) is 19.3. The molecule has 2 rings (SSSR count). The molecule has 18 heavy (non-hydrogen) atoms. The van der Waals surface area contributed by atoms with Gasteiger partial charge in [0.1, 0.15) is 6.10 Å². The number of sulfonamides is 1. The Morgan fingerprint density at radius 1 is 1.33 bits per heavy atom. The van der Waals surface area contributed by atoms with E-state index in [0.717, 1.165) is 18.5 Å². The van der Waals surface area contributed by atoms with E-state index < -0.39 is 10.0 Å². The van der Waals surface area contributed by atoms with Gasteiger partial charge in [0.25, 0.3) is 0 Å². The molecule has 0 saturated carbocycles. The van der Waals surface area contributed by atoms with Gasteiger partial charge in [-0.2, -0.15) is 0 Å². The van der Waals surface area contributed by atoms with E-state index in [1.165, 1.54) is 12.1 Å². The maximum Gasteiger partial charge on any atom is 0.238 e. The molecule has 5 nitrogen and oxygen atoms in total. The Hall–Kier alpha value is -1.53. The number of nitrogens with one attached hydrogen (secondary N) is 1. The highest BCUT2D eigenvalue weighted by Gasteiger charge is 2.11. The van der Waals surface area contributed by atoms with Gasteiger partial charge >= 0.3 is 0 Å². The van der Waals surface area contributed by atoms with Gasteiger partial charge in [-0.3, -0.25) is 0 Å². The molecule has 0 aromatic heterocycles. The van der Waals surface area contributed by atoms with Crippen LogP contribution in [-0.2, 0) is 14.8 Å². The summed E-state index contributed by atoms with van der Waals surface area (Å²) in [6.45, 7) is 0.694. The van der Waals surface area contributed by atoms with Crippen LogP contribution in [0.4, 0.5) is 5.69 Å². The Morgan fingerprint density at radius 2 is 2.06 bits per heavy atom. The van der Waals surface area contributed by atoms with E-state index in [1.807, 2.05) is 6.08 Å². The first-order chi connectivity index (χ1) is 8.55. The first-order valence-corrected chi connectivity index (χ1v) is 7.27. The van der Waals surface area contributed by atoms with Crippen molar-refractivity contribution in [1.29, 1.82) is 0 Å². The molecule has 0 fully saturated rings. The number of nitrogens with two attached hydrogens (primary N) is 1. The number of ether oxygens (including phenoxy) is 1. The Morgan fingerprint density at radius 3 is 2.61 bits per heavy atom. The van der Waals surface area contributed by atoms with Crippen molar-refractivity contribution in [2.45, 2.75) is 23.8 Å². The van der Waals surface area contributed by atoms with Gasteiger partial charge in [0.2, 0.25) is 10.0 Å². The number of allylic oxidation sites excluding steroid dienone is 1. The van der Waals surface area contributed by atoms with Crippen LogP contribution in [-0.4, -0.2) is 21.1 Å². The van der Waals surface area contributed by atoms with Crippen molar-refractivity contribution in [2.24, 2.45) is 5.14 Å². The zero-order valence-electron chi connectivity index (χ0n) is 9.87. The Balaban J connectivity index is 1.92. The lowest BCUT2D eigenvalue weighted by Crippen LogP contribution is -2.23. The molecular formula is C12H16N2O3S. The number of hydrogen-bond donors (Lipinski definition) is 2. The number of benzene rings is 1. The molecule has 1 heterocycles. The van der Waals surface area contributed by atoms with Crippen molar-refractivity contribution in [3.05, 3.63) is 36.6 Å². The minimum absolute atomic E-state index is 0.116. The van der Waals surface area contributed by atoms with Crippen molar-refractivity contribution in [1.82, 2.24) is 0 Å². The van der Waals surface area contributed by atoms with E-state index in [2.05, 4.69) is 5.32 Å². The molecule has 1 aromatic rings. The van der Waals surface area contributed by atoms with Crippen LogP contribution in [0, 0.1) is 0 Å². The maximum absolute atomic E-state index is 11.1. The van der Waals surface area contributed by atoms with Crippen LogP contribution in [0.15, 0.2) is 41.5 Å². The number of hydrogen-bond acceptors (Lipinski definition) is 4. The first-order valence-electron chi connectivity index (χ1n) is 5.73. The summed E-state index contributed by atoms with van der Waals surface area (Å²) in [5, 5.41) is 8.22. The Kier molecular flexibility index (Phi) is 3.88. The predicted molar refractivity (Wildman–Crippen MR) is 69.6 cm³/mol. The van der Waals surface area contributed by atoms with Gasteiger partial charge in [-0.15, -0.1) is 0 Å². The van der Waals surface area contributed by atoms with E-state index in [9.17, 15) is 8.42 Å². The van der Waals surface area contributed by atoms with Crippen LogP contribution in [0.1, 0.15) is 12.8 Å². The second kappa shape index (κ2) is 5.41. The summed E-state index contributed by atoms with van der Waals surface area (Å²) in [6, 6.07) is 6.36. The fraction of sp³-hybridized carbons (Fsp3) is 0.333. The topological polar surface area (TPSA) is 81.4 Å². The number of rotatable bonds is 4. The second-order valence-electron chi connectivity index (χ2n) is 4.16. The molecule has 1 aliphatic rings. The number of anilines is 1. The fourth-order valence-corrected chi connectivity index (χ4v) is 2.24. The third-order valence-corrected chi connectivity index (χ3v) is 3.67. The molecule has 1 atom stereocenters. The van der Waals surface area contributed by atoms with E-state index >= 15 is 0 Å². The van der Waals surface area contributed by atoms with Gasteiger partial charge < -0.3 is 10.1 Å². The van der Waals surface area contributed by atoms with Crippen LogP contribution >= 0.6 is 0 Å². The predicted octanol–water partition coefficient (Wildman–Crippen LogP) is 1.44. The van der Waals surface area contributed by atoms with Gasteiger partial charge in [-0.1, -0.05) is 0 Å². The molecular weight excluding hydrogens is 252 g/mol. The lowest BCUT2D eigenvalue weighted by atomic mass is 10.1. The molecule has 98 valence electrons. The Labute approximate surface area is 107 Å². The van der Waals surface area contributed by atoms with Crippen molar-refractivity contribution >= 4 is 15.7 Å². The first kappa shape index (κ1) is 12.9. The average Bonchev–Trinajstić information content (AvgIpc) is 2.37. The van der Waals surface area contributed by atoms with Crippen LogP contribution < -0.4 is 10.5 Å². The molecule has 3 N–H and O–H groups in total. The summed E-state index contributed by atoms with van der Waals surface area (Å²) in [7, 11) is -3.62. The van der Waals surface area contributed by atoms with Crippen molar-refractivity contribution in [3.8, 4) is 0 Å². The average molecular weight is 268 g/mol. The van der Waals surface area contributed by atoms with Crippen molar-refractivity contribution in [2.75, 3.05) is 11.9 Å². The molecule has 0 bridgehead atoms. The van der Waals surface area contributed by atoms with Crippen LogP contribution in [0.2, 0.25) is 0 Å². The molecule has 1 aromatic carbocycles. The summed E-state index contributed by atoms with van der Waals surface area (Å²) in [5.74, 6) is 0. The van der Waals surface area contributed by atoms with Gasteiger partial charge in [0.05, 0.1) is 17.7 Å². The molecule has 0 spiro atoms. The zero-order valence-corrected chi connectivity index (χ0v) is 10.7. The molecule has 1 unspecified atom stereocenters. The van der Waals surface area contributed by atoms with E-state index in [4.69, 9.17) is 9.88 Å². The van der Waals surface area contributed by atoms with Gasteiger partial charge in [-0.25, -0.2) is 13.6 Å². The minimum Gasteiger partial charge on any atom is -0.497 e. The van der Waals surface area contributed by atoms with Gasteiger partial charge in [-0.05, 0) is 43.2 Å². The lowest BCUT2D eigenvalue weighted by molar-refractivity contribution is 0.135. The minimum atomic E-state index is -3.62. The molecule has 0 saturated heterocycles. The molecule has 1 aliphatic heterocycles. The van der Waals surface area contributed by atoms with Gasteiger partial charge in [0, 0.05) is 5.69 Å². The summed E-state index contributed by atoms with van der Waals surface area (Å²) < 4.78 is 27.6. The fourth-order valence-electron chi connectivity index (χ4n) is 1.73. The smallest absolute Gasteiger partial charge is 0.238 e. The van der Waals surface area contributed by atoms with E-state index in [1.54, 1.807) is 18.4 Å². The highest BCUT2D eigenvalue weighted by molar-refractivity contribution is 7.89. The highest BCUT2D eigenvalue weighted by Crippen LogP contribution is 2.15. The van der Waals surface area contributed by atoms with Crippen molar-refractivity contribution in [3.63, 3.8) is 0 Å². The van der Waals surface area contributed by atoms with E-state index in [0.29, 0.717) is 6.54 Å². The molecule has 0 aliphatic carbocycles. The van der Waals surface area contributed by atoms with Crippen LogP contribution in [0.25, 0.3) is 0 Å². The monoisotopic (exact) mass is 268 g/mol. The maximum atomic E-state index is 11.1. The third-order valence-electron chi connectivity index (χ3n) is 2.74. The quantitative estimate of drug-likeness (QED) is 0.865. The van der Waals surface area contributed by atoms with Crippen LogP contribution in [0.3, 0.4) is 0 Å². The zero-order chi connectivity index (χ0) is 13.0. The summed E-state index contributed by atoms with van der Waals surface area (Å²) in [6.07, 6.45) is 5.89. The largest absolute Gasteiger partial charge is 0.497 e. The standard InChI is InChI=1S/C12H16N2O3S/c13-18(15,16)12-6-4-10(5-7-12)14-9-11-3-1-2-8-17-11/h2,4-8,11,14H,1,3,9H2,(H2,13,15,16). The third kappa shape index (κ3) is 3.48. The summed E-state index contributed by atoms with van der Waals surface area (Å²) in [5.41, 5.74) is 0.848. The van der Waals surface area contributed by atoms with Gasteiger partial charge in [0.15, 0.2) is 0 Å². The number of primary sulfonamides is 1. The SMILES string of the molecule is NS(=O)(=O)c1ccc(NCC2CCC=CO2)cc1. The summed E-state index contributed by atoms with van der Waals surface area (Å²) >= 11 is 0.